The number of hydrogen-bond donors (Lipinski definition) is 0. The van der Waals surface area contributed by atoms with Crippen molar-refractivity contribution in [3.63, 3.8) is 0 Å². The molecule has 0 aromatic rings. The molecule has 3 nitrogen and oxygen atoms in total. The van der Waals surface area contributed by atoms with Gasteiger partial charge in [-0.2, -0.15) is 0 Å². The van der Waals surface area contributed by atoms with E-state index in [1.165, 1.54) is 0 Å². The largest absolute Gasteiger partial charge is 0.501 e. The minimum absolute atomic E-state index is 0.541. The highest BCUT2D eigenvalue weighted by molar-refractivity contribution is 6.60. The minimum Gasteiger partial charge on any atom is -0.373 e. The van der Waals surface area contributed by atoms with Crippen molar-refractivity contribution < 1.29 is 13.3 Å². The predicted octanol–water partition coefficient (Wildman–Crippen LogP) is 3.78. The van der Waals surface area contributed by atoms with E-state index in [0.29, 0.717) is 19.8 Å². The van der Waals surface area contributed by atoms with Gasteiger partial charge in [-0.25, -0.2) is 0 Å². The smallest absolute Gasteiger partial charge is 0.373 e. The summed E-state index contributed by atoms with van der Waals surface area (Å²) in [5.74, 6) is 0. The molecule has 0 heterocycles. The zero-order valence-electron chi connectivity index (χ0n) is 11.9. The Balaban J connectivity index is 4.48. The van der Waals surface area contributed by atoms with Gasteiger partial charge in [0.05, 0.1) is 6.61 Å². The van der Waals surface area contributed by atoms with Crippen molar-refractivity contribution in [3.05, 3.63) is 12.2 Å². The first-order valence-electron chi connectivity index (χ1n) is 6.66. The van der Waals surface area contributed by atoms with Gasteiger partial charge in [-0.3, -0.25) is 0 Å². The molecule has 0 unspecified atom stereocenters. The fourth-order valence-electron chi connectivity index (χ4n) is 1.40. The van der Waals surface area contributed by atoms with Crippen LogP contribution in [0.2, 0.25) is 6.04 Å². The Hall–Kier alpha value is -0.163. The van der Waals surface area contributed by atoms with Crippen LogP contribution in [0, 0.1) is 0 Å². The van der Waals surface area contributed by atoms with E-state index in [1.54, 1.807) is 0 Å². The average Bonchev–Trinajstić information content (AvgIpc) is 2.31. The van der Waals surface area contributed by atoms with Gasteiger partial charge >= 0.3 is 8.80 Å². The molecule has 0 aromatic carbocycles. The second kappa shape index (κ2) is 9.83. The van der Waals surface area contributed by atoms with Gasteiger partial charge < -0.3 is 13.3 Å². The van der Waals surface area contributed by atoms with E-state index in [1.807, 2.05) is 6.92 Å². The van der Waals surface area contributed by atoms with Crippen LogP contribution in [-0.2, 0) is 13.3 Å². The lowest BCUT2D eigenvalue weighted by Crippen LogP contribution is -2.46. The zero-order chi connectivity index (χ0) is 13.1. The summed E-state index contributed by atoms with van der Waals surface area (Å²) in [5, 5.41) is 0. The van der Waals surface area contributed by atoms with Crippen molar-refractivity contribution in [1.82, 2.24) is 0 Å². The molecule has 4 heteroatoms. The Morgan fingerprint density at radius 2 is 1.47 bits per heavy atom. The van der Waals surface area contributed by atoms with Gasteiger partial charge in [-0.1, -0.05) is 39.3 Å². The second-order valence-corrected chi connectivity index (χ2v) is 7.11. The third kappa shape index (κ3) is 7.71. The van der Waals surface area contributed by atoms with Crippen LogP contribution < -0.4 is 0 Å². The molecule has 102 valence electrons. The van der Waals surface area contributed by atoms with Crippen LogP contribution >= 0.6 is 0 Å². The van der Waals surface area contributed by atoms with Gasteiger partial charge in [0, 0.05) is 19.3 Å². The van der Waals surface area contributed by atoms with Crippen molar-refractivity contribution >= 4 is 8.80 Å². The first-order valence-corrected chi connectivity index (χ1v) is 8.59. The van der Waals surface area contributed by atoms with E-state index in [-0.39, 0.29) is 0 Å². The summed E-state index contributed by atoms with van der Waals surface area (Å²) in [4.78, 5) is 0. The monoisotopic (exact) mass is 260 g/mol. The van der Waals surface area contributed by atoms with Crippen LogP contribution in [0.25, 0.3) is 0 Å². The highest BCUT2D eigenvalue weighted by Crippen LogP contribution is 2.19. The topological polar surface area (TPSA) is 27.7 Å². The van der Waals surface area contributed by atoms with Gasteiger partial charge in [0.25, 0.3) is 0 Å². The van der Waals surface area contributed by atoms with Crippen molar-refractivity contribution in [1.29, 1.82) is 0 Å². The Bertz CT molecular complexity index is 199. The highest BCUT2D eigenvalue weighted by atomic mass is 28.4. The molecule has 0 aliphatic heterocycles. The SMILES string of the molecule is C=C(C)CO[Si](CCC)(OCCC)OCCC. The standard InChI is InChI=1S/C13H28O3Si/c1-6-9-14-17(11-8-3,15-10-7-2)16-12-13(4)5/h4,6-12H2,1-3,5H3. The molecular weight excluding hydrogens is 232 g/mol. The molecule has 0 bridgehead atoms. The summed E-state index contributed by atoms with van der Waals surface area (Å²) in [6.45, 7) is 14.1. The van der Waals surface area contributed by atoms with E-state index in [2.05, 4.69) is 27.4 Å². The van der Waals surface area contributed by atoms with E-state index < -0.39 is 8.80 Å². The first-order chi connectivity index (χ1) is 8.10. The Kier molecular flexibility index (Phi) is 9.73. The van der Waals surface area contributed by atoms with Crippen LogP contribution in [-0.4, -0.2) is 28.6 Å². The van der Waals surface area contributed by atoms with E-state index in [9.17, 15) is 0 Å². The molecule has 0 N–H and O–H groups in total. The summed E-state index contributed by atoms with van der Waals surface area (Å²) in [6, 6.07) is 0.889. The molecule has 0 aliphatic rings. The van der Waals surface area contributed by atoms with Crippen LogP contribution in [0.15, 0.2) is 12.2 Å². The van der Waals surface area contributed by atoms with E-state index in [0.717, 1.165) is 30.9 Å². The average molecular weight is 260 g/mol. The zero-order valence-corrected chi connectivity index (χ0v) is 12.9. The fraction of sp³-hybridized carbons (Fsp3) is 0.846. The molecule has 0 spiro atoms. The van der Waals surface area contributed by atoms with Crippen molar-refractivity contribution in [2.45, 2.75) is 53.0 Å². The number of hydrogen-bond acceptors (Lipinski definition) is 3. The summed E-state index contributed by atoms with van der Waals surface area (Å²) >= 11 is 0. The Labute approximate surface area is 108 Å². The summed E-state index contributed by atoms with van der Waals surface area (Å²) in [5.41, 5.74) is 1.01. The highest BCUT2D eigenvalue weighted by Gasteiger charge is 2.39. The molecule has 0 saturated heterocycles. The van der Waals surface area contributed by atoms with Gasteiger partial charge in [-0.15, -0.1) is 0 Å². The maximum atomic E-state index is 5.93. The summed E-state index contributed by atoms with van der Waals surface area (Å²) < 4.78 is 17.8. The lowest BCUT2D eigenvalue weighted by atomic mass is 10.4. The third-order valence-corrected chi connectivity index (χ3v) is 5.13. The van der Waals surface area contributed by atoms with Gasteiger partial charge in [0.15, 0.2) is 0 Å². The van der Waals surface area contributed by atoms with Crippen LogP contribution in [0.4, 0.5) is 0 Å². The molecule has 0 radical (unpaired) electrons. The molecule has 17 heavy (non-hydrogen) atoms. The third-order valence-electron chi connectivity index (χ3n) is 2.15. The fourth-order valence-corrected chi connectivity index (χ4v) is 4.19. The molecular formula is C13H28O3Si. The first kappa shape index (κ1) is 16.8. The minimum atomic E-state index is -2.46. The molecule has 0 amide bonds. The summed E-state index contributed by atoms with van der Waals surface area (Å²) in [7, 11) is -2.46. The van der Waals surface area contributed by atoms with Crippen molar-refractivity contribution in [2.24, 2.45) is 0 Å². The molecule has 0 rings (SSSR count). The number of rotatable bonds is 11. The van der Waals surface area contributed by atoms with Crippen molar-refractivity contribution in [2.75, 3.05) is 19.8 Å². The van der Waals surface area contributed by atoms with Crippen LogP contribution in [0.3, 0.4) is 0 Å². The van der Waals surface area contributed by atoms with E-state index >= 15 is 0 Å². The lowest BCUT2D eigenvalue weighted by molar-refractivity contribution is 0.0656. The normalized spacial score (nSPS) is 11.8. The van der Waals surface area contributed by atoms with Gasteiger partial charge in [0.1, 0.15) is 0 Å². The lowest BCUT2D eigenvalue weighted by Gasteiger charge is -2.29. The van der Waals surface area contributed by atoms with Crippen LogP contribution in [0.1, 0.15) is 47.0 Å². The molecule has 0 saturated carbocycles. The quantitative estimate of drug-likeness (QED) is 0.418. The molecule has 0 fully saturated rings. The Morgan fingerprint density at radius 1 is 0.941 bits per heavy atom. The molecule has 0 atom stereocenters. The molecule has 0 aliphatic carbocycles. The molecule has 0 aromatic heterocycles. The van der Waals surface area contributed by atoms with Gasteiger partial charge in [0.2, 0.25) is 0 Å². The van der Waals surface area contributed by atoms with Gasteiger partial charge in [-0.05, 0) is 19.8 Å². The predicted molar refractivity (Wildman–Crippen MR) is 74.1 cm³/mol. The van der Waals surface area contributed by atoms with Crippen molar-refractivity contribution in [3.8, 4) is 0 Å². The Morgan fingerprint density at radius 3 is 1.82 bits per heavy atom. The summed E-state index contributed by atoms with van der Waals surface area (Å²) in [6.07, 6.45) is 3.00. The van der Waals surface area contributed by atoms with Crippen LogP contribution in [0.5, 0.6) is 0 Å². The maximum Gasteiger partial charge on any atom is 0.501 e. The maximum absolute atomic E-state index is 5.93. The second-order valence-electron chi connectivity index (χ2n) is 4.38. The van der Waals surface area contributed by atoms with E-state index in [4.69, 9.17) is 13.3 Å².